The number of carbonyl (C=O) groups excluding carboxylic acids is 1. The SMILES string of the molecule is COc1ccc(OC)c(/C=C/C(=O)Nc2ccc3nc[nH]c(=O)c3c2)c1. The summed E-state index contributed by atoms with van der Waals surface area (Å²) < 4.78 is 10.5. The number of carbonyl (C=O) groups is 1. The van der Waals surface area contributed by atoms with Crippen LogP contribution in [-0.4, -0.2) is 30.1 Å². The van der Waals surface area contributed by atoms with Crippen LogP contribution in [-0.2, 0) is 4.79 Å². The molecule has 1 heterocycles. The van der Waals surface area contributed by atoms with Crippen molar-refractivity contribution in [3.8, 4) is 11.5 Å². The molecule has 0 atom stereocenters. The predicted molar refractivity (Wildman–Crippen MR) is 99.6 cm³/mol. The molecular formula is C19H17N3O4. The lowest BCUT2D eigenvalue weighted by Gasteiger charge is -2.07. The van der Waals surface area contributed by atoms with Crippen LogP contribution in [0.2, 0.25) is 0 Å². The zero-order valence-electron chi connectivity index (χ0n) is 14.3. The van der Waals surface area contributed by atoms with Gasteiger partial charge in [-0.3, -0.25) is 9.59 Å². The Kier molecular flexibility index (Phi) is 4.98. The minimum atomic E-state index is -0.338. The van der Waals surface area contributed by atoms with E-state index in [1.807, 2.05) is 0 Å². The largest absolute Gasteiger partial charge is 0.497 e. The van der Waals surface area contributed by atoms with Crippen LogP contribution in [0.1, 0.15) is 5.56 Å². The van der Waals surface area contributed by atoms with Gasteiger partial charge in [-0.15, -0.1) is 0 Å². The van der Waals surface area contributed by atoms with Gasteiger partial charge in [0.2, 0.25) is 5.91 Å². The van der Waals surface area contributed by atoms with Crippen LogP contribution in [0.25, 0.3) is 17.0 Å². The summed E-state index contributed by atoms with van der Waals surface area (Å²) in [7, 11) is 3.12. The minimum Gasteiger partial charge on any atom is -0.497 e. The molecule has 0 aliphatic heterocycles. The first-order chi connectivity index (χ1) is 12.6. The van der Waals surface area contributed by atoms with Crippen molar-refractivity contribution in [3.63, 3.8) is 0 Å². The Morgan fingerprint density at radius 1 is 1.15 bits per heavy atom. The second kappa shape index (κ2) is 7.52. The van der Waals surface area contributed by atoms with Crippen LogP contribution < -0.4 is 20.3 Å². The van der Waals surface area contributed by atoms with Crippen LogP contribution in [0.15, 0.2) is 53.6 Å². The maximum atomic E-state index is 12.2. The zero-order chi connectivity index (χ0) is 18.5. The van der Waals surface area contributed by atoms with E-state index in [4.69, 9.17) is 9.47 Å². The topological polar surface area (TPSA) is 93.3 Å². The summed E-state index contributed by atoms with van der Waals surface area (Å²) in [6, 6.07) is 10.3. The number of aromatic amines is 1. The van der Waals surface area contributed by atoms with E-state index in [9.17, 15) is 9.59 Å². The van der Waals surface area contributed by atoms with Crippen molar-refractivity contribution < 1.29 is 14.3 Å². The number of aromatic nitrogens is 2. The van der Waals surface area contributed by atoms with E-state index >= 15 is 0 Å². The molecule has 7 nitrogen and oxygen atoms in total. The summed E-state index contributed by atoms with van der Waals surface area (Å²) in [5.74, 6) is 0.944. The molecular weight excluding hydrogens is 334 g/mol. The molecule has 0 saturated heterocycles. The van der Waals surface area contributed by atoms with Gasteiger partial charge in [-0.05, 0) is 42.5 Å². The van der Waals surface area contributed by atoms with Gasteiger partial charge in [0.15, 0.2) is 0 Å². The van der Waals surface area contributed by atoms with Gasteiger partial charge in [-0.25, -0.2) is 4.98 Å². The van der Waals surface area contributed by atoms with E-state index in [1.165, 1.54) is 12.4 Å². The van der Waals surface area contributed by atoms with Crippen LogP contribution in [0.5, 0.6) is 11.5 Å². The fourth-order valence-corrected chi connectivity index (χ4v) is 2.47. The zero-order valence-corrected chi connectivity index (χ0v) is 14.3. The highest BCUT2D eigenvalue weighted by atomic mass is 16.5. The fraction of sp³-hybridized carbons (Fsp3) is 0.105. The first-order valence-electron chi connectivity index (χ1n) is 7.79. The lowest BCUT2D eigenvalue weighted by Crippen LogP contribution is -2.10. The highest BCUT2D eigenvalue weighted by Gasteiger charge is 2.05. The molecule has 3 rings (SSSR count). The molecule has 0 unspecified atom stereocenters. The van der Waals surface area contributed by atoms with Gasteiger partial charge in [-0.2, -0.15) is 0 Å². The van der Waals surface area contributed by atoms with Crippen molar-refractivity contribution in [3.05, 3.63) is 64.7 Å². The maximum Gasteiger partial charge on any atom is 0.258 e. The number of anilines is 1. The Morgan fingerprint density at radius 2 is 2.00 bits per heavy atom. The number of nitrogens with one attached hydrogen (secondary N) is 2. The molecule has 3 aromatic rings. The third-order valence-electron chi connectivity index (χ3n) is 3.76. The first-order valence-corrected chi connectivity index (χ1v) is 7.79. The molecule has 0 radical (unpaired) electrons. The van der Waals surface area contributed by atoms with Crippen molar-refractivity contribution in [1.29, 1.82) is 0 Å². The molecule has 1 aromatic heterocycles. The van der Waals surface area contributed by atoms with Crippen molar-refractivity contribution in [2.75, 3.05) is 19.5 Å². The Bertz CT molecular complexity index is 1040. The molecule has 0 aliphatic rings. The quantitative estimate of drug-likeness (QED) is 0.689. The first kappa shape index (κ1) is 17.2. The second-order valence-electron chi connectivity index (χ2n) is 5.39. The summed E-state index contributed by atoms with van der Waals surface area (Å²) in [6.45, 7) is 0. The third-order valence-corrected chi connectivity index (χ3v) is 3.76. The monoisotopic (exact) mass is 351 g/mol. The van der Waals surface area contributed by atoms with Gasteiger partial charge >= 0.3 is 0 Å². The number of H-pyrrole nitrogens is 1. The summed E-state index contributed by atoms with van der Waals surface area (Å²) >= 11 is 0. The van der Waals surface area contributed by atoms with E-state index in [1.54, 1.807) is 56.7 Å². The van der Waals surface area contributed by atoms with Crippen LogP contribution in [0, 0.1) is 0 Å². The number of ether oxygens (including phenoxy) is 2. The molecule has 7 heteroatoms. The molecule has 0 bridgehead atoms. The summed E-state index contributed by atoms with van der Waals surface area (Å²) in [4.78, 5) is 30.6. The number of nitrogens with zero attached hydrogens (tertiary/aromatic N) is 1. The molecule has 0 spiro atoms. The van der Waals surface area contributed by atoms with Crippen molar-refractivity contribution >= 4 is 28.6 Å². The Balaban J connectivity index is 1.80. The molecule has 0 saturated carbocycles. The lowest BCUT2D eigenvalue weighted by atomic mass is 10.1. The van der Waals surface area contributed by atoms with E-state index < -0.39 is 0 Å². The average molecular weight is 351 g/mol. The number of hydrogen-bond acceptors (Lipinski definition) is 5. The molecule has 132 valence electrons. The van der Waals surface area contributed by atoms with Gasteiger partial charge in [0.1, 0.15) is 11.5 Å². The van der Waals surface area contributed by atoms with Gasteiger partial charge in [0.25, 0.3) is 5.56 Å². The average Bonchev–Trinajstić information content (AvgIpc) is 2.66. The van der Waals surface area contributed by atoms with E-state index in [0.29, 0.717) is 33.7 Å². The van der Waals surface area contributed by atoms with Gasteiger partial charge in [0.05, 0.1) is 31.4 Å². The molecule has 0 aliphatic carbocycles. The standard InChI is InChI=1S/C19H17N3O4/c1-25-14-5-7-17(26-2)12(9-14)3-8-18(23)22-13-4-6-16-15(10-13)19(24)21-11-20-16/h3-11H,1-2H3,(H,22,23)(H,20,21,24)/b8-3+. The van der Waals surface area contributed by atoms with E-state index in [0.717, 1.165) is 0 Å². The Morgan fingerprint density at radius 3 is 2.77 bits per heavy atom. The van der Waals surface area contributed by atoms with Crippen molar-refractivity contribution in [1.82, 2.24) is 9.97 Å². The number of hydrogen-bond donors (Lipinski definition) is 2. The van der Waals surface area contributed by atoms with Crippen molar-refractivity contribution in [2.45, 2.75) is 0 Å². The van der Waals surface area contributed by atoms with E-state index in [-0.39, 0.29) is 11.5 Å². The van der Waals surface area contributed by atoms with Gasteiger partial charge in [0, 0.05) is 17.3 Å². The minimum absolute atomic E-state index is 0.261. The van der Waals surface area contributed by atoms with Crippen molar-refractivity contribution in [2.24, 2.45) is 0 Å². The number of amides is 1. The summed E-state index contributed by atoms with van der Waals surface area (Å²) in [5.41, 5.74) is 1.51. The highest BCUT2D eigenvalue weighted by Crippen LogP contribution is 2.25. The van der Waals surface area contributed by atoms with Crippen LogP contribution >= 0.6 is 0 Å². The molecule has 26 heavy (non-hydrogen) atoms. The Hall–Kier alpha value is -3.61. The predicted octanol–water partition coefficient (Wildman–Crippen LogP) is 2.59. The Labute approximate surface area is 149 Å². The molecule has 2 N–H and O–H groups in total. The highest BCUT2D eigenvalue weighted by molar-refractivity contribution is 6.03. The van der Waals surface area contributed by atoms with Gasteiger partial charge in [-0.1, -0.05) is 0 Å². The summed E-state index contributed by atoms with van der Waals surface area (Å²) in [5, 5.41) is 3.13. The number of methoxy groups -OCH3 is 2. The number of fused-ring (bicyclic) bond motifs is 1. The van der Waals surface area contributed by atoms with Crippen LogP contribution in [0.4, 0.5) is 5.69 Å². The smallest absolute Gasteiger partial charge is 0.258 e. The lowest BCUT2D eigenvalue weighted by molar-refractivity contribution is -0.111. The fourth-order valence-electron chi connectivity index (χ4n) is 2.47. The number of rotatable bonds is 5. The maximum absolute atomic E-state index is 12.2. The molecule has 0 fully saturated rings. The molecule has 2 aromatic carbocycles. The van der Waals surface area contributed by atoms with Crippen LogP contribution in [0.3, 0.4) is 0 Å². The third kappa shape index (κ3) is 3.72. The number of benzene rings is 2. The summed E-state index contributed by atoms with van der Waals surface area (Å²) in [6.07, 6.45) is 4.36. The normalized spacial score (nSPS) is 10.8. The molecule has 1 amide bonds. The second-order valence-corrected chi connectivity index (χ2v) is 5.39. The van der Waals surface area contributed by atoms with Gasteiger partial charge < -0.3 is 19.8 Å². The van der Waals surface area contributed by atoms with E-state index in [2.05, 4.69) is 15.3 Å².